The molecule has 1 aliphatic rings. The van der Waals surface area contributed by atoms with E-state index in [2.05, 4.69) is 69.3 Å². The van der Waals surface area contributed by atoms with E-state index in [-0.39, 0.29) is 4.75 Å². The molecule has 4 rings (SSSR count). The summed E-state index contributed by atoms with van der Waals surface area (Å²) >= 11 is 1.87. The van der Waals surface area contributed by atoms with Crippen LogP contribution in [0.4, 0.5) is 0 Å². The van der Waals surface area contributed by atoms with E-state index in [0.717, 1.165) is 16.7 Å². The standard InChI is InChI=1S/C27H26O2S/c1-5-20-21(7-6-8-22(20)26(28)29)19-13-14-25-23(15-19)24(16-27(3,4)30-25)18-11-9-17(2)10-12-18/h6-16H,5H2,1-4H3,(H,28,29). The molecule has 1 heterocycles. The molecule has 3 aromatic rings. The predicted molar refractivity (Wildman–Crippen MR) is 126 cm³/mol. The molecule has 0 saturated carbocycles. The van der Waals surface area contributed by atoms with E-state index in [9.17, 15) is 9.90 Å². The third-order valence-corrected chi connectivity index (χ3v) is 6.79. The van der Waals surface area contributed by atoms with Crippen molar-refractivity contribution < 1.29 is 9.90 Å². The largest absolute Gasteiger partial charge is 0.478 e. The number of rotatable bonds is 4. The molecule has 152 valence electrons. The van der Waals surface area contributed by atoms with Crippen molar-refractivity contribution in [2.24, 2.45) is 0 Å². The zero-order valence-electron chi connectivity index (χ0n) is 17.8. The quantitative estimate of drug-likeness (QED) is 0.489. The Morgan fingerprint density at radius 1 is 0.967 bits per heavy atom. The Morgan fingerprint density at radius 3 is 2.33 bits per heavy atom. The second-order valence-corrected chi connectivity index (χ2v) is 10.0. The lowest BCUT2D eigenvalue weighted by atomic mass is 9.89. The summed E-state index contributed by atoms with van der Waals surface area (Å²) in [5, 5.41) is 9.62. The van der Waals surface area contributed by atoms with Crippen molar-refractivity contribution in [3.63, 3.8) is 0 Å². The second kappa shape index (κ2) is 7.81. The van der Waals surface area contributed by atoms with Crippen LogP contribution in [-0.2, 0) is 6.42 Å². The van der Waals surface area contributed by atoms with Gasteiger partial charge in [0.15, 0.2) is 0 Å². The van der Waals surface area contributed by atoms with Crippen molar-refractivity contribution >= 4 is 23.3 Å². The fraction of sp³-hybridized carbons (Fsp3) is 0.222. The molecule has 0 saturated heterocycles. The van der Waals surface area contributed by atoms with Crippen molar-refractivity contribution in [2.45, 2.75) is 43.8 Å². The van der Waals surface area contributed by atoms with Gasteiger partial charge in [0.2, 0.25) is 0 Å². The van der Waals surface area contributed by atoms with Gasteiger partial charge < -0.3 is 5.11 Å². The number of carbonyl (C=O) groups is 1. The summed E-state index contributed by atoms with van der Waals surface area (Å²) in [5.41, 5.74) is 8.24. The van der Waals surface area contributed by atoms with Crippen LogP contribution in [0.2, 0.25) is 0 Å². The van der Waals surface area contributed by atoms with Crippen molar-refractivity contribution in [1.82, 2.24) is 0 Å². The molecule has 0 aliphatic carbocycles. The maximum absolute atomic E-state index is 11.7. The van der Waals surface area contributed by atoms with Crippen LogP contribution in [0.3, 0.4) is 0 Å². The Kier molecular flexibility index (Phi) is 5.33. The number of thioether (sulfide) groups is 1. The first-order valence-electron chi connectivity index (χ1n) is 10.3. The summed E-state index contributed by atoms with van der Waals surface area (Å²) in [6.45, 7) is 8.61. The van der Waals surface area contributed by atoms with E-state index >= 15 is 0 Å². The summed E-state index contributed by atoms with van der Waals surface area (Å²) in [4.78, 5) is 13.0. The van der Waals surface area contributed by atoms with Gasteiger partial charge in [-0.25, -0.2) is 4.79 Å². The van der Waals surface area contributed by atoms with Crippen molar-refractivity contribution in [1.29, 1.82) is 0 Å². The molecule has 2 nitrogen and oxygen atoms in total. The molecule has 0 amide bonds. The zero-order chi connectivity index (χ0) is 21.5. The molecule has 30 heavy (non-hydrogen) atoms. The van der Waals surface area contributed by atoms with Gasteiger partial charge in [0, 0.05) is 9.64 Å². The number of benzene rings is 3. The van der Waals surface area contributed by atoms with Gasteiger partial charge >= 0.3 is 5.97 Å². The van der Waals surface area contributed by atoms with E-state index < -0.39 is 5.97 Å². The molecule has 0 fully saturated rings. The van der Waals surface area contributed by atoms with Crippen LogP contribution in [0.15, 0.2) is 71.6 Å². The number of hydrogen-bond donors (Lipinski definition) is 1. The highest BCUT2D eigenvalue weighted by atomic mass is 32.2. The lowest BCUT2D eigenvalue weighted by Crippen LogP contribution is -2.16. The smallest absolute Gasteiger partial charge is 0.335 e. The van der Waals surface area contributed by atoms with Gasteiger partial charge in [-0.05, 0) is 78.8 Å². The fourth-order valence-corrected chi connectivity index (χ4v) is 5.30. The topological polar surface area (TPSA) is 37.3 Å². The minimum Gasteiger partial charge on any atom is -0.478 e. The summed E-state index contributed by atoms with van der Waals surface area (Å²) in [6, 6.07) is 20.8. The Balaban J connectivity index is 1.90. The molecule has 0 spiro atoms. The van der Waals surface area contributed by atoms with Crippen LogP contribution in [0.5, 0.6) is 0 Å². The molecule has 1 aliphatic heterocycles. The van der Waals surface area contributed by atoms with Gasteiger partial charge in [-0.3, -0.25) is 0 Å². The van der Waals surface area contributed by atoms with Crippen LogP contribution in [0, 0.1) is 6.92 Å². The third kappa shape index (κ3) is 3.82. The van der Waals surface area contributed by atoms with Crippen molar-refractivity contribution in [3.8, 4) is 11.1 Å². The van der Waals surface area contributed by atoms with Crippen molar-refractivity contribution in [3.05, 3.63) is 94.6 Å². The van der Waals surface area contributed by atoms with Gasteiger partial charge in [0.25, 0.3) is 0 Å². The van der Waals surface area contributed by atoms with Crippen LogP contribution in [-0.4, -0.2) is 15.8 Å². The Bertz CT molecular complexity index is 1150. The molecule has 0 atom stereocenters. The van der Waals surface area contributed by atoms with Crippen LogP contribution >= 0.6 is 11.8 Å². The maximum Gasteiger partial charge on any atom is 0.335 e. The molecule has 0 aromatic heterocycles. The number of carboxylic acids is 1. The average Bonchev–Trinajstić information content (AvgIpc) is 2.72. The number of aromatic carboxylic acids is 1. The lowest BCUT2D eigenvalue weighted by molar-refractivity contribution is 0.0696. The predicted octanol–water partition coefficient (Wildman–Crippen LogP) is 7.24. The Hall–Kier alpha value is -2.78. The second-order valence-electron chi connectivity index (χ2n) is 8.33. The molecule has 0 radical (unpaired) electrons. The summed E-state index contributed by atoms with van der Waals surface area (Å²) in [5.74, 6) is -0.871. The van der Waals surface area contributed by atoms with E-state index in [1.165, 1.54) is 27.2 Å². The molecule has 0 unspecified atom stereocenters. The maximum atomic E-state index is 11.7. The number of aryl methyl sites for hydroxylation is 1. The fourth-order valence-electron chi connectivity index (χ4n) is 4.15. The van der Waals surface area contributed by atoms with Crippen LogP contribution in [0.25, 0.3) is 16.7 Å². The minimum absolute atomic E-state index is 0.00649. The molecule has 1 N–H and O–H groups in total. The summed E-state index contributed by atoms with van der Waals surface area (Å²) in [6.07, 6.45) is 3.03. The normalized spacial score (nSPS) is 14.7. The lowest BCUT2D eigenvalue weighted by Gasteiger charge is -2.30. The monoisotopic (exact) mass is 414 g/mol. The van der Waals surface area contributed by atoms with Gasteiger partial charge in [-0.2, -0.15) is 0 Å². The molecule has 3 aromatic carbocycles. The van der Waals surface area contributed by atoms with E-state index in [1.54, 1.807) is 6.07 Å². The van der Waals surface area contributed by atoms with Crippen LogP contribution in [0.1, 0.15) is 53.4 Å². The first-order valence-corrected chi connectivity index (χ1v) is 11.1. The van der Waals surface area contributed by atoms with E-state index in [4.69, 9.17) is 0 Å². The Morgan fingerprint density at radius 2 is 1.67 bits per heavy atom. The van der Waals surface area contributed by atoms with Crippen molar-refractivity contribution in [2.75, 3.05) is 0 Å². The van der Waals surface area contributed by atoms with Crippen LogP contribution < -0.4 is 0 Å². The Labute approximate surface area is 182 Å². The molecular formula is C27H26O2S. The van der Waals surface area contributed by atoms with Gasteiger partial charge in [0.05, 0.1) is 5.56 Å². The first-order chi connectivity index (χ1) is 14.3. The van der Waals surface area contributed by atoms with Gasteiger partial charge in [0.1, 0.15) is 0 Å². The van der Waals surface area contributed by atoms with Gasteiger partial charge in [-0.1, -0.05) is 61.0 Å². The highest BCUT2D eigenvalue weighted by Gasteiger charge is 2.27. The number of carboxylic acid groups (broad SMARTS) is 1. The summed E-state index contributed by atoms with van der Waals surface area (Å²) < 4.78 is 0.00649. The molecular weight excluding hydrogens is 388 g/mol. The molecule has 3 heteroatoms. The minimum atomic E-state index is -0.871. The third-order valence-electron chi connectivity index (χ3n) is 5.57. The first kappa shape index (κ1) is 20.5. The average molecular weight is 415 g/mol. The highest BCUT2D eigenvalue weighted by molar-refractivity contribution is 8.01. The SMILES string of the molecule is CCc1c(C(=O)O)cccc1-c1ccc2c(c1)C(c1ccc(C)cc1)=CC(C)(C)S2. The van der Waals surface area contributed by atoms with E-state index in [0.29, 0.717) is 12.0 Å². The number of hydrogen-bond acceptors (Lipinski definition) is 2. The van der Waals surface area contributed by atoms with Gasteiger partial charge in [-0.15, -0.1) is 11.8 Å². The number of fused-ring (bicyclic) bond motifs is 1. The van der Waals surface area contributed by atoms with E-state index in [1.807, 2.05) is 30.8 Å². The highest BCUT2D eigenvalue weighted by Crippen LogP contribution is 2.47. The summed E-state index contributed by atoms with van der Waals surface area (Å²) in [7, 11) is 0. The molecule has 0 bridgehead atoms. The zero-order valence-corrected chi connectivity index (χ0v) is 18.6.